The first kappa shape index (κ1) is 21.7. The quantitative estimate of drug-likeness (QED) is 0.460. The van der Waals surface area contributed by atoms with Crippen molar-refractivity contribution in [3.63, 3.8) is 0 Å². The average molecular weight is 426 g/mol. The number of carbonyl (C=O) groups excluding carboxylic acids is 1. The van der Waals surface area contributed by atoms with Crippen LogP contribution in [0, 0.1) is 0 Å². The van der Waals surface area contributed by atoms with Gasteiger partial charge in [-0.2, -0.15) is 0 Å². The number of hydrogen-bond donors (Lipinski definition) is 1. The lowest BCUT2D eigenvalue weighted by Gasteiger charge is -2.36. The Kier molecular flexibility index (Phi) is 6.66. The number of amides is 1. The molecule has 8 heteroatoms. The molecule has 1 aromatic heterocycles. The van der Waals surface area contributed by atoms with Crippen LogP contribution in [0.1, 0.15) is 26.3 Å². The van der Waals surface area contributed by atoms with E-state index in [9.17, 15) is 4.79 Å². The highest BCUT2D eigenvalue weighted by Gasteiger charge is 2.27. The predicted molar refractivity (Wildman–Crippen MR) is 120 cm³/mol. The molecule has 7 nitrogen and oxygen atoms in total. The van der Waals surface area contributed by atoms with Crippen LogP contribution in [0.15, 0.2) is 59.8 Å². The van der Waals surface area contributed by atoms with E-state index in [4.69, 9.17) is 10.6 Å². The van der Waals surface area contributed by atoms with Crippen LogP contribution >= 0.6 is 11.8 Å². The fraction of sp³-hybridized carbons (Fsp3) is 0.318. The van der Waals surface area contributed by atoms with E-state index in [0.29, 0.717) is 23.3 Å². The number of ether oxygens (including phenoxy) is 1. The SMILES string of the molecule is COc1ccccc1-c1nnc(SCC(=O)N(Cc2ccccc2)C(C)(C)C)n1N. The normalized spacial score (nSPS) is 11.3. The zero-order valence-electron chi connectivity index (χ0n) is 17.7. The summed E-state index contributed by atoms with van der Waals surface area (Å²) in [5.74, 6) is 7.59. The average Bonchev–Trinajstić information content (AvgIpc) is 3.10. The second kappa shape index (κ2) is 9.21. The Balaban J connectivity index is 1.74. The van der Waals surface area contributed by atoms with Gasteiger partial charge in [0.1, 0.15) is 5.75 Å². The maximum atomic E-state index is 13.0. The predicted octanol–water partition coefficient (Wildman–Crippen LogP) is 3.59. The summed E-state index contributed by atoms with van der Waals surface area (Å²) in [7, 11) is 1.60. The number of benzene rings is 2. The van der Waals surface area contributed by atoms with Gasteiger partial charge in [-0.25, -0.2) is 4.68 Å². The van der Waals surface area contributed by atoms with E-state index in [1.54, 1.807) is 7.11 Å². The maximum Gasteiger partial charge on any atom is 0.233 e. The van der Waals surface area contributed by atoms with Gasteiger partial charge in [0.25, 0.3) is 0 Å². The van der Waals surface area contributed by atoms with Gasteiger partial charge in [-0.1, -0.05) is 54.2 Å². The molecule has 0 aliphatic rings. The van der Waals surface area contributed by atoms with Crippen LogP contribution in [0.3, 0.4) is 0 Å². The van der Waals surface area contributed by atoms with Crippen molar-refractivity contribution >= 4 is 17.7 Å². The van der Waals surface area contributed by atoms with Crippen molar-refractivity contribution in [3.8, 4) is 17.1 Å². The van der Waals surface area contributed by atoms with Gasteiger partial charge in [0.15, 0.2) is 5.82 Å². The number of nitrogens with zero attached hydrogens (tertiary/aromatic N) is 4. The minimum atomic E-state index is -0.313. The van der Waals surface area contributed by atoms with Crippen LogP contribution in [-0.2, 0) is 11.3 Å². The van der Waals surface area contributed by atoms with E-state index < -0.39 is 0 Å². The van der Waals surface area contributed by atoms with Crippen molar-refractivity contribution in [1.82, 2.24) is 19.8 Å². The van der Waals surface area contributed by atoms with Crippen LogP contribution < -0.4 is 10.6 Å². The topological polar surface area (TPSA) is 86.3 Å². The molecule has 2 aromatic carbocycles. The number of hydrogen-bond acceptors (Lipinski definition) is 6. The standard InChI is InChI=1S/C22H27N5O2S/c1-22(2,3)26(14-16-10-6-5-7-11-16)19(28)15-30-21-25-24-20(27(21)23)17-12-8-9-13-18(17)29-4/h5-13H,14-15,23H2,1-4H3. The van der Waals surface area contributed by atoms with E-state index in [1.165, 1.54) is 16.4 Å². The molecular formula is C22H27N5O2S. The van der Waals surface area contributed by atoms with Gasteiger partial charge in [0.2, 0.25) is 11.1 Å². The Morgan fingerprint density at radius 1 is 1.10 bits per heavy atom. The smallest absolute Gasteiger partial charge is 0.233 e. The van der Waals surface area contributed by atoms with E-state index in [1.807, 2.05) is 80.3 Å². The molecule has 0 fully saturated rings. The largest absolute Gasteiger partial charge is 0.496 e. The number of nitrogens with two attached hydrogens (primary N) is 1. The lowest BCUT2D eigenvalue weighted by molar-refractivity contribution is -0.133. The summed E-state index contributed by atoms with van der Waals surface area (Å²) in [6, 6.07) is 17.4. The van der Waals surface area contributed by atoms with Crippen LogP contribution in [0.5, 0.6) is 5.75 Å². The van der Waals surface area contributed by atoms with E-state index in [2.05, 4.69) is 10.2 Å². The summed E-state index contributed by atoms with van der Waals surface area (Å²) in [4.78, 5) is 14.9. The molecule has 0 bridgehead atoms. The van der Waals surface area contributed by atoms with Gasteiger partial charge >= 0.3 is 0 Å². The molecule has 0 radical (unpaired) electrons. The third-order valence-corrected chi connectivity index (χ3v) is 5.56. The highest BCUT2D eigenvalue weighted by molar-refractivity contribution is 7.99. The highest BCUT2D eigenvalue weighted by Crippen LogP contribution is 2.29. The molecule has 1 amide bonds. The fourth-order valence-electron chi connectivity index (χ4n) is 3.06. The third-order valence-electron chi connectivity index (χ3n) is 4.63. The monoisotopic (exact) mass is 425 g/mol. The molecular weight excluding hydrogens is 398 g/mol. The molecule has 3 aromatic rings. The Labute approximate surface area is 181 Å². The fourth-order valence-corrected chi connectivity index (χ4v) is 3.79. The second-order valence-corrected chi connectivity index (χ2v) is 8.74. The van der Waals surface area contributed by atoms with Crippen LogP contribution in [0.25, 0.3) is 11.4 Å². The van der Waals surface area contributed by atoms with E-state index in [0.717, 1.165) is 11.1 Å². The first-order valence-corrected chi connectivity index (χ1v) is 10.6. The molecule has 0 saturated carbocycles. The Bertz CT molecular complexity index is 998. The zero-order chi connectivity index (χ0) is 21.7. The van der Waals surface area contributed by atoms with Gasteiger partial charge in [0.05, 0.1) is 18.4 Å². The third kappa shape index (κ3) is 4.94. The van der Waals surface area contributed by atoms with E-state index >= 15 is 0 Å². The lowest BCUT2D eigenvalue weighted by atomic mass is 10.0. The molecule has 0 aliphatic carbocycles. The van der Waals surface area contributed by atoms with Crippen LogP contribution in [0.2, 0.25) is 0 Å². The molecule has 30 heavy (non-hydrogen) atoms. The van der Waals surface area contributed by atoms with Crippen LogP contribution in [0.4, 0.5) is 0 Å². The van der Waals surface area contributed by atoms with Gasteiger partial charge in [-0.3, -0.25) is 4.79 Å². The highest BCUT2D eigenvalue weighted by atomic mass is 32.2. The zero-order valence-corrected chi connectivity index (χ0v) is 18.5. The minimum Gasteiger partial charge on any atom is -0.496 e. The van der Waals surface area contributed by atoms with Crippen molar-refractivity contribution in [1.29, 1.82) is 0 Å². The first-order valence-electron chi connectivity index (χ1n) is 9.62. The summed E-state index contributed by atoms with van der Waals surface area (Å²) in [6.07, 6.45) is 0. The first-order chi connectivity index (χ1) is 14.3. The van der Waals surface area contributed by atoms with Crippen molar-refractivity contribution in [3.05, 3.63) is 60.2 Å². The van der Waals surface area contributed by atoms with Crippen molar-refractivity contribution in [2.45, 2.75) is 38.0 Å². The summed E-state index contributed by atoms with van der Waals surface area (Å²) < 4.78 is 6.78. The second-order valence-electron chi connectivity index (χ2n) is 7.80. The minimum absolute atomic E-state index is 0.0122. The molecule has 3 rings (SSSR count). The number of thioether (sulfide) groups is 1. The number of para-hydroxylation sites is 1. The van der Waals surface area contributed by atoms with Crippen molar-refractivity contribution in [2.75, 3.05) is 18.7 Å². The van der Waals surface area contributed by atoms with Gasteiger partial charge in [0, 0.05) is 12.1 Å². The molecule has 0 aliphatic heterocycles. The van der Waals surface area contributed by atoms with Crippen LogP contribution in [-0.4, -0.2) is 44.1 Å². The Morgan fingerprint density at radius 3 is 2.43 bits per heavy atom. The number of methoxy groups -OCH3 is 1. The Hall–Kier alpha value is -3.00. The Morgan fingerprint density at radius 2 is 1.77 bits per heavy atom. The lowest BCUT2D eigenvalue weighted by Crippen LogP contribution is -2.46. The van der Waals surface area contributed by atoms with Gasteiger partial charge in [-0.15, -0.1) is 10.2 Å². The molecule has 0 spiro atoms. The number of nitrogen functional groups attached to an aromatic ring is 1. The molecule has 2 N–H and O–H groups in total. The number of rotatable bonds is 7. The molecule has 0 saturated heterocycles. The van der Waals surface area contributed by atoms with Crippen molar-refractivity contribution < 1.29 is 9.53 Å². The summed E-state index contributed by atoms with van der Waals surface area (Å²) in [5.41, 5.74) is 1.52. The van der Waals surface area contributed by atoms with Gasteiger partial charge in [-0.05, 0) is 38.5 Å². The van der Waals surface area contributed by atoms with E-state index in [-0.39, 0.29) is 17.2 Å². The summed E-state index contributed by atoms with van der Waals surface area (Å²) in [5, 5.41) is 8.84. The maximum absolute atomic E-state index is 13.0. The number of carbonyl (C=O) groups is 1. The number of aromatic nitrogens is 3. The van der Waals surface area contributed by atoms with Gasteiger partial charge < -0.3 is 15.5 Å². The molecule has 0 atom stereocenters. The molecule has 0 unspecified atom stereocenters. The molecule has 1 heterocycles. The van der Waals surface area contributed by atoms with Crippen molar-refractivity contribution in [2.24, 2.45) is 0 Å². The molecule has 158 valence electrons. The summed E-state index contributed by atoms with van der Waals surface area (Å²) in [6.45, 7) is 6.64. The summed E-state index contributed by atoms with van der Waals surface area (Å²) >= 11 is 1.27.